The number of rotatable bonds is 0. The lowest BCUT2D eigenvalue weighted by Crippen LogP contribution is -2.20. The van der Waals surface area contributed by atoms with Crippen molar-refractivity contribution in [1.82, 2.24) is 0 Å². The molecule has 0 aliphatic heterocycles. The largest absolute Gasteiger partial charge is 0.506 e. The van der Waals surface area contributed by atoms with Crippen molar-refractivity contribution in [2.75, 3.05) is 0 Å². The molecule has 0 rings (SSSR count). The predicted octanol–water partition coefficient (Wildman–Crippen LogP) is -2.91. The topological polar surface area (TPSA) is 119 Å². The van der Waals surface area contributed by atoms with E-state index >= 15 is 0 Å². The number of hydrogen-bond acceptors (Lipinski definition) is 3. The van der Waals surface area contributed by atoms with Crippen molar-refractivity contribution in [3.8, 4) is 0 Å². The molecule has 0 aromatic carbocycles. The molecule has 0 fully saturated rings. The molecule has 0 aromatic rings. The van der Waals surface area contributed by atoms with E-state index in [-0.39, 0.29) is 17.3 Å². The van der Waals surface area contributed by atoms with Gasteiger partial charge in [-0.15, -0.1) is 4.66 Å². The summed E-state index contributed by atoms with van der Waals surface area (Å²) in [5, 5.41) is 6.06. The average molecular weight is 128 g/mol. The van der Waals surface area contributed by atoms with E-state index in [9.17, 15) is 0 Å². The minimum atomic E-state index is -0.333. The highest BCUT2D eigenvalue weighted by molar-refractivity contribution is 5.71. The van der Waals surface area contributed by atoms with Gasteiger partial charge in [0, 0.05) is 0 Å². The third-order valence-electron chi connectivity index (χ3n) is 0. The molecule has 0 aromatic heterocycles. The summed E-state index contributed by atoms with van der Waals surface area (Å²) >= 11 is -0.167. The zero-order valence-corrected chi connectivity index (χ0v) is 4.14. The summed E-state index contributed by atoms with van der Waals surface area (Å²) in [7, 11) is 0. The van der Waals surface area contributed by atoms with Gasteiger partial charge in [0.05, 0.1) is 0 Å². The molecule has 0 bridgehead atoms. The first-order valence-corrected chi connectivity index (χ1v) is 1.80. The van der Waals surface area contributed by atoms with E-state index in [2.05, 4.69) is 11.5 Å². The number of guanidine groups is 1. The van der Waals surface area contributed by atoms with Gasteiger partial charge in [0.1, 0.15) is 0 Å². The van der Waals surface area contributed by atoms with E-state index in [1.807, 2.05) is 0 Å². The van der Waals surface area contributed by atoms with Gasteiger partial charge in [0.25, 0.3) is 0 Å². The summed E-state index contributed by atoms with van der Waals surface area (Å²) in [4.78, 5) is 0. The normalized spacial score (nSPS) is 6.00. The molecule has 0 aliphatic rings. The SMILES string of the molecule is N=C(N)N.[O-][Cl+]O. The molecule has 0 atom stereocenters. The summed E-state index contributed by atoms with van der Waals surface area (Å²) < 4.78 is 15.2. The summed E-state index contributed by atoms with van der Waals surface area (Å²) in [6.07, 6.45) is 0. The molecule has 0 unspecified atom stereocenters. The second kappa shape index (κ2) is 9.08. The lowest BCUT2D eigenvalue weighted by Gasteiger charge is -1.69. The van der Waals surface area contributed by atoms with E-state index in [0.29, 0.717) is 0 Å². The lowest BCUT2D eigenvalue weighted by atomic mass is 11.1. The first kappa shape index (κ1) is 9.70. The van der Waals surface area contributed by atoms with Crippen molar-refractivity contribution in [2.24, 2.45) is 11.5 Å². The van der Waals surface area contributed by atoms with Crippen LogP contribution < -0.4 is 16.1 Å². The Labute approximate surface area is 44.5 Å². The third kappa shape index (κ3) is 245. The highest BCUT2D eigenvalue weighted by Crippen LogP contribution is 1.14. The molecule has 0 heterocycles. The smallest absolute Gasteiger partial charge is 0.327 e. The highest BCUT2D eigenvalue weighted by Gasteiger charge is 1.52. The lowest BCUT2D eigenvalue weighted by molar-refractivity contribution is -1.27. The number of nitrogens with two attached hydrogens (primary N) is 2. The van der Waals surface area contributed by atoms with Crippen molar-refractivity contribution in [3.05, 3.63) is 0 Å². The van der Waals surface area contributed by atoms with Gasteiger partial charge in [0.2, 0.25) is 0 Å². The molecular weight excluding hydrogens is 121 g/mol. The van der Waals surface area contributed by atoms with Crippen molar-refractivity contribution in [2.45, 2.75) is 0 Å². The van der Waals surface area contributed by atoms with Crippen LogP contribution in [0, 0.1) is 16.7 Å². The Bertz CT molecular complexity index is 44.2. The van der Waals surface area contributed by atoms with Gasteiger partial charge in [-0.05, 0) is 0 Å². The van der Waals surface area contributed by atoms with Gasteiger partial charge in [-0.2, -0.15) is 0 Å². The van der Waals surface area contributed by atoms with Gasteiger partial charge in [-0.25, -0.2) is 0 Å². The van der Waals surface area contributed by atoms with Gasteiger partial charge in [-0.1, -0.05) is 0 Å². The van der Waals surface area contributed by atoms with E-state index < -0.39 is 0 Å². The molecule has 0 aliphatic carbocycles. The third-order valence-corrected chi connectivity index (χ3v) is 0. The predicted molar refractivity (Wildman–Crippen MR) is 18.3 cm³/mol. The summed E-state index contributed by atoms with van der Waals surface area (Å²) in [5.41, 5.74) is 8.94. The molecule has 0 spiro atoms. The van der Waals surface area contributed by atoms with Crippen LogP contribution in [-0.4, -0.2) is 10.6 Å². The molecule has 7 heavy (non-hydrogen) atoms. The second-order valence-corrected chi connectivity index (χ2v) is 0.662. The van der Waals surface area contributed by atoms with Crippen LogP contribution in [-0.2, 0) is 0 Å². The molecule has 0 saturated carbocycles. The van der Waals surface area contributed by atoms with Crippen molar-refractivity contribution in [3.63, 3.8) is 0 Å². The monoisotopic (exact) mass is 127 g/mol. The molecule has 0 amide bonds. The van der Waals surface area contributed by atoms with Crippen LogP contribution in [0.25, 0.3) is 0 Å². The molecule has 0 radical (unpaired) electrons. The van der Waals surface area contributed by atoms with Crippen LogP contribution in [0.4, 0.5) is 0 Å². The maximum atomic E-state index is 8.35. The molecule has 5 nitrogen and oxygen atoms in total. The van der Waals surface area contributed by atoms with Gasteiger partial charge in [-0.3, -0.25) is 5.41 Å². The maximum Gasteiger partial charge on any atom is 0.327 e. The summed E-state index contributed by atoms with van der Waals surface area (Å²) in [6.45, 7) is 0. The van der Waals surface area contributed by atoms with Crippen molar-refractivity contribution < 1.29 is 20.6 Å². The van der Waals surface area contributed by atoms with Gasteiger partial charge >= 0.3 is 11.3 Å². The fourth-order valence-electron chi connectivity index (χ4n) is 0. The average Bonchev–Trinajstić information content (AvgIpc) is 1.33. The van der Waals surface area contributed by atoms with E-state index in [1.54, 1.807) is 0 Å². The van der Waals surface area contributed by atoms with E-state index in [0.717, 1.165) is 0 Å². The molecular formula is CH6ClN3O2. The number of hydrogen-bond donors (Lipinski definition) is 4. The molecule has 6 heteroatoms. The first-order chi connectivity index (χ1) is 3.15. The Hall–Kier alpha value is -0.520. The number of nitrogens with one attached hydrogen (secondary N) is 1. The maximum absolute atomic E-state index is 8.35. The second-order valence-electron chi connectivity index (χ2n) is 0.524. The van der Waals surface area contributed by atoms with Gasteiger partial charge < -0.3 is 16.1 Å². The minimum Gasteiger partial charge on any atom is -0.506 e. The Balaban J connectivity index is 0. The van der Waals surface area contributed by atoms with Crippen LogP contribution in [0.15, 0.2) is 0 Å². The highest BCUT2D eigenvalue weighted by atomic mass is 35.6. The van der Waals surface area contributed by atoms with E-state index in [4.69, 9.17) is 14.7 Å². The van der Waals surface area contributed by atoms with E-state index in [1.165, 1.54) is 0 Å². The molecule has 0 saturated heterocycles. The standard InChI is InChI=1S/CH5N3.ClHO2/c2-1(3)4;2-1-3/h(H5,2,3,4);2H. The summed E-state index contributed by atoms with van der Waals surface area (Å²) in [5.74, 6) is -0.333. The fraction of sp³-hybridized carbons (Fsp3) is 0. The minimum absolute atomic E-state index is 0.167. The Morgan fingerprint density at radius 2 is 1.71 bits per heavy atom. The van der Waals surface area contributed by atoms with Gasteiger partial charge in [0.15, 0.2) is 5.96 Å². The molecule has 6 N–H and O–H groups in total. The number of halogens is 1. The zero-order valence-electron chi connectivity index (χ0n) is 3.39. The quantitative estimate of drug-likeness (QED) is 0.206. The van der Waals surface area contributed by atoms with Crippen LogP contribution in [0.5, 0.6) is 0 Å². The fourth-order valence-corrected chi connectivity index (χ4v) is 0. The van der Waals surface area contributed by atoms with Crippen molar-refractivity contribution in [1.29, 1.82) is 5.41 Å². The van der Waals surface area contributed by atoms with Crippen LogP contribution >= 0.6 is 0 Å². The van der Waals surface area contributed by atoms with Crippen LogP contribution in [0.2, 0.25) is 0 Å². The first-order valence-electron chi connectivity index (χ1n) is 1.15. The van der Waals surface area contributed by atoms with Crippen molar-refractivity contribution >= 4 is 5.96 Å². The van der Waals surface area contributed by atoms with Crippen LogP contribution in [0.3, 0.4) is 0 Å². The summed E-state index contributed by atoms with van der Waals surface area (Å²) in [6, 6.07) is 0. The Morgan fingerprint density at radius 1 is 1.71 bits per heavy atom. The molecule has 44 valence electrons. The Morgan fingerprint density at radius 3 is 1.71 bits per heavy atom. The Kier molecular flexibility index (Phi) is 12.6. The zero-order chi connectivity index (χ0) is 6.28. The van der Waals surface area contributed by atoms with Crippen LogP contribution in [0.1, 0.15) is 0 Å².